The number of carbonyl (C=O) groups excluding carboxylic acids is 2. The fraction of sp³-hybridized carbons (Fsp3) is 0.357. The first-order valence-corrected chi connectivity index (χ1v) is 12.1. The number of unbranched alkanes of at least 4 members (excludes halogenated alkanes) is 2. The molecule has 3 aromatic rings. The highest BCUT2D eigenvalue weighted by Crippen LogP contribution is 2.28. The Kier molecular flexibility index (Phi) is 7.28. The van der Waals surface area contributed by atoms with E-state index in [1.165, 1.54) is 5.56 Å². The summed E-state index contributed by atoms with van der Waals surface area (Å²) < 4.78 is 2.22. The topological polar surface area (TPSA) is 45.6 Å². The molecule has 4 rings (SSSR count). The summed E-state index contributed by atoms with van der Waals surface area (Å²) >= 11 is 0. The maximum Gasteiger partial charge on any atom is 0.278 e. The highest BCUT2D eigenvalue weighted by atomic mass is 16.2. The normalized spacial score (nSPS) is 14.1. The Morgan fingerprint density at radius 1 is 0.758 bits per heavy atom. The highest BCUT2D eigenvalue weighted by Gasteiger charge is 2.40. The Hall–Kier alpha value is -3.34. The van der Waals surface area contributed by atoms with Crippen molar-refractivity contribution in [3.63, 3.8) is 0 Å². The molecule has 2 heterocycles. The molecular weight excluding hydrogens is 410 g/mol. The summed E-state index contributed by atoms with van der Waals surface area (Å²) in [5.74, 6) is -0.351. The van der Waals surface area contributed by atoms with Crippen LogP contribution in [-0.4, -0.2) is 39.5 Å². The summed E-state index contributed by atoms with van der Waals surface area (Å²) in [6.07, 6.45) is 8.52. The van der Waals surface area contributed by atoms with Gasteiger partial charge in [-0.15, -0.1) is 0 Å². The average Bonchev–Trinajstić information content (AvgIpc) is 3.30. The lowest BCUT2D eigenvalue weighted by Gasteiger charge is -2.27. The van der Waals surface area contributed by atoms with E-state index in [4.69, 9.17) is 0 Å². The van der Waals surface area contributed by atoms with Crippen molar-refractivity contribution in [1.82, 2.24) is 14.6 Å². The number of aromatic nitrogens is 1. The van der Waals surface area contributed by atoms with E-state index < -0.39 is 0 Å². The lowest BCUT2D eigenvalue weighted by atomic mass is 10.1. The lowest BCUT2D eigenvalue weighted by molar-refractivity contribution is -0.147. The molecule has 2 aromatic carbocycles. The van der Waals surface area contributed by atoms with Gasteiger partial charge in [-0.3, -0.25) is 9.59 Å². The van der Waals surface area contributed by atoms with Crippen molar-refractivity contribution in [2.75, 3.05) is 13.1 Å². The summed E-state index contributed by atoms with van der Waals surface area (Å²) in [6.45, 7) is 6.20. The largest absolute Gasteiger partial charge is 0.347 e. The average molecular weight is 444 g/mol. The third-order valence-electron chi connectivity index (χ3n) is 6.27. The van der Waals surface area contributed by atoms with Crippen molar-refractivity contribution in [3.05, 3.63) is 77.5 Å². The Morgan fingerprint density at radius 2 is 1.36 bits per heavy atom. The van der Waals surface area contributed by atoms with Crippen molar-refractivity contribution in [1.29, 1.82) is 0 Å². The third kappa shape index (κ3) is 4.87. The van der Waals surface area contributed by atoms with E-state index in [-0.39, 0.29) is 17.4 Å². The number of hydrogen-bond donors (Lipinski definition) is 0. The van der Waals surface area contributed by atoms with Crippen LogP contribution in [0.1, 0.15) is 50.7 Å². The van der Waals surface area contributed by atoms with Gasteiger partial charge in [0.15, 0.2) is 0 Å². The molecule has 0 N–H and O–H groups in total. The van der Waals surface area contributed by atoms with Gasteiger partial charge in [-0.05, 0) is 37.0 Å². The van der Waals surface area contributed by atoms with E-state index in [1.807, 2.05) is 18.2 Å². The van der Waals surface area contributed by atoms with Crippen LogP contribution in [0.15, 0.2) is 66.4 Å². The van der Waals surface area contributed by atoms with Gasteiger partial charge in [0, 0.05) is 42.3 Å². The van der Waals surface area contributed by atoms with E-state index in [1.54, 1.807) is 16.1 Å². The van der Waals surface area contributed by atoms with Crippen molar-refractivity contribution in [2.24, 2.45) is 0 Å². The second-order valence-corrected chi connectivity index (χ2v) is 8.65. The summed E-state index contributed by atoms with van der Waals surface area (Å²) in [6, 6.07) is 18.6. The highest BCUT2D eigenvalue weighted by molar-refractivity contribution is 6.25. The molecule has 0 spiro atoms. The van der Waals surface area contributed by atoms with Gasteiger partial charge >= 0.3 is 0 Å². The smallest absolute Gasteiger partial charge is 0.278 e. The molecule has 5 heteroatoms. The molecule has 0 aliphatic carbocycles. The van der Waals surface area contributed by atoms with Crippen molar-refractivity contribution >= 4 is 28.8 Å². The number of rotatable bonds is 10. The minimum absolute atomic E-state index is 0.175. The molecule has 1 aliphatic rings. The van der Waals surface area contributed by atoms with Crippen LogP contribution in [0.5, 0.6) is 0 Å². The molecule has 0 atom stereocenters. The van der Waals surface area contributed by atoms with Gasteiger partial charge in [-0.25, -0.2) is 10.0 Å². The lowest BCUT2D eigenvalue weighted by Crippen LogP contribution is -2.42. The van der Waals surface area contributed by atoms with Crippen LogP contribution in [-0.2, 0) is 22.6 Å². The predicted octanol–water partition coefficient (Wildman–Crippen LogP) is 5.45. The van der Waals surface area contributed by atoms with E-state index in [2.05, 4.69) is 61.0 Å². The van der Waals surface area contributed by atoms with Crippen LogP contribution in [0.25, 0.3) is 17.0 Å². The van der Waals surface area contributed by atoms with E-state index in [0.29, 0.717) is 13.1 Å². The fourth-order valence-corrected chi connectivity index (χ4v) is 4.40. The zero-order valence-corrected chi connectivity index (χ0v) is 19.7. The second kappa shape index (κ2) is 10.5. The van der Waals surface area contributed by atoms with E-state index >= 15 is 0 Å². The minimum Gasteiger partial charge on any atom is -0.347 e. The number of hydrogen-bond acceptors (Lipinski definition) is 2. The molecule has 2 amide bonds. The zero-order chi connectivity index (χ0) is 23.2. The summed E-state index contributed by atoms with van der Waals surface area (Å²) in [5.41, 5.74) is 3.59. The van der Waals surface area contributed by atoms with Crippen molar-refractivity contribution in [3.8, 4) is 0 Å². The standard InChI is InChI=1S/C28H33N3O2/c1-3-5-17-30-27(32)25(28(33)31(30)18-6-4-2)20-23-21-29(26-15-11-10-14-24(23)26)19-16-22-12-8-7-9-13-22/h7-15,20-21H,3-6,16-19H2,1-2H3. The fourth-order valence-electron chi connectivity index (χ4n) is 4.40. The molecule has 172 valence electrons. The van der Waals surface area contributed by atoms with Crippen LogP contribution >= 0.6 is 0 Å². The molecular formula is C28H33N3O2. The van der Waals surface area contributed by atoms with Crippen LogP contribution in [0.4, 0.5) is 0 Å². The number of carbonyl (C=O) groups is 2. The molecule has 5 nitrogen and oxygen atoms in total. The maximum atomic E-state index is 13.2. The van der Waals surface area contributed by atoms with Gasteiger partial charge in [0.1, 0.15) is 5.57 Å². The monoisotopic (exact) mass is 443 g/mol. The maximum absolute atomic E-state index is 13.2. The summed E-state index contributed by atoms with van der Waals surface area (Å²) in [7, 11) is 0. The van der Waals surface area contributed by atoms with Gasteiger partial charge < -0.3 is 4.57 Å². The second-order valence-electron chi connectivity index (χ2n) is 8.65. The van der Waals surface area contributed by atoms with Crippen molar-refractivity contribution in [2.45, 2.75) is 52.5 Å². The van der Waals surface area contributed by atoms with Crippen molar-refractivity contribution < 1.29 is 9.59 Å². The molecule has 0 radical (unpaired) electrons. The molecule has 33 heavy (non-hydrogen) atoms. The predicted molar refractivity (Wildman–Crippen MR) is 133 cm³/mol. The van der Waals surface area contributed by atoms with E-state index in [0.717, 1.165) is 55.1 Å². The SMILES string of the molecule is CCCCN1C(=O)C(=Cc2cn(CCc3ccccc3)c3ccccc23)C(=O)N1CCCC. The van der Waals surface area contributed by atoms with Gasteiger partial charge in [-0.1, -0.05) is 75.2 Å². The van der Waals surface area contributed by atoms with Gasteiger partial charge in [-0.2, -0.15) is 0 Å². The Bertz CT molecular complexity index is 1120. The molecule has 1 saturated heterocycles. The quantitative estimate of drug-likeness (QED) is 0.309. The van der Waals surface area contributed by atoms with Crippen LogP contribution in [0.2, 0.25) is 0 Å². The number of para-hydroxylation sites is 1. The first-order chi connectivity index (χ1) is 16.1. The number of hydrazine groups is 1. The number of amides is 2. The molecule has 0 bridgehead atoms. The van der Waals surface area contributed by atoms with Gasteiger partial charge in [0.25, 0.3) is 11.8 Å². The molecule has 1 aromatic heterocycles. The van der Waals surface area contributed by atoms with Gasteiger partial charge in [0.05, 0.1) is 0 Å². The molecule has 1 fully saturated rings. The van der Waals surface area contributed by atoms with E-state index in [9.17, 15) is 9.59 Å². The number of benzene rings is 2. The molecule has 1 aliphatic heterocycles. The number of aryl methyl sites for hydroxylation is 2. The van der Waals surface area contributed by atoms with Crippen LogP contribution < -0.4 is 0 Å². The Balaban J connectivity index is 1.66. The van der Waals surface area contributed by atoms with Gasteiger partial charge in [0.2, 0.25) is 0 Å². The summed E-state index contributed by atoms with van der Waals surface area (Å²) in [5, 5.41) is 4.37. The first-order valence-electron chi connectivity index (χ1n) is 12.1. The molecule has 0 saturated carbocycles. The Labute approximate surface area is 196 Å². The molecule has 0 unspecified atom stereocenters. The summed E-state index contributed by atoms with van der Waals surface area (Å²) in [4.78, 5) is 26.5. The minimum atomic E-state index is -0.175. The number of fused-ring (bicyclic) bond motifs is 1. The number of nitrogens with zero attached hydrogens (tertiary/aromatic N) is 3. The Morgan fingerprint density at radius 3 is 2.00 bits per heavy atom. The zero-order valence-electron chi connectivity index (χ0n) is 19.7. The third-order valence-corrected chi connectivity index (χ3v) is 6.27. The first kappa shape index (κ1) is 22.8. The van der Waals surface area contributed by atoms with Crippen LogP contribution in [0, 0.1) is 0 Å². The van der Waals surface area contributed by atoms with Crippen LogP contribution in [0.3, 0.4) is 0 Å².